The highest BCUT2D eigenvalue weighted by Crippen LogP contribution is 2.33. The molecular weight excluding hydrogens is 354 g/mol. The van der Waals surface area contributed by atoms with Gasteiger partial charge in [0.25, 0.3) is 0 Å². The first-order valence-corrected chi connectivity index (χ1v) is 12.1. The summed E-state index contributed by atoms with van der Waals surface area (Å²) >= 11 is 0. The lowest BCUT2D eigenvalue weighted by Gasteiger charge is -2.37. The minimum Gasteiger partial charge on any atom is -0.400 e. The van der Waals surface area contributed by atoms with E-state index in [4.69, 9.17) is 0 Å². The number of allylic oxidation sites excluding steroid dienone is 4. The Morgan fingerprint density at radius 3 is 1.71 bits per heavy atom. The summed E-state index contributed by atoms with van der Waals surface area (Å²) in [5.74, 6) is 0.505. The fourth-order valence-corrected chi connectivity index (χ4v) is 8.97. The molecule has 0 fully saturated rings. The van der Waals surface area contributed by atoms with Crippen molar-refractivity contribution >= 4 is 24.3 Å². The van der Waals surface area contributed by atoms with E-state index >= 15 is 0 Å². The number of rotatable bonds is 6. The lowest BCUT2D eigenvalue weighted by Crippen LogP contribution is -2.66. The third-order valence-electron chi connectivity index (χ3n) is 5.56. The molecule has 0 amide bonds. The average Bonchev–Trinajstić information content (AvgIpc) is 3.25. The van der Waals surface area contributed by atoms with E-state index in [-0.39, 0.29) is 0 Å². The second-order valence-electron chi connectivity index (χ2n) is 7.67. The van der Waals surface area contributed by atoms with Crippen molar-refractivity contribution in [1.82, 2.24) is 0 Å². The molecule has 0 aliphatic heterocycles. The third kappa shape index (κ3) is 3.36. The van der Waals surface area contributed by atoms with E-state index in [1.165, 1.54) is 21.6 Å². The molecule has 0 saturated carbocycles. The van der Waals surface area contributed by atoms with Crippen LogP contribution in [0.3, 0.4) is 0 Å². The van der Waals surface area contributed by atoms with Gasteiger partial charge in [-0.15, -0.1) is 0 Å². The Labute approximate surface area is 169 Å². The van der Waals surface area contributed by atoms with Gasteiger partial charge in [-0.2, -0.15) is 0 Å². The molecule has 3 aromatic rings. The highest BCUT2D eigenvalue weighted by atomic mass is 28.3. The molecule has 4 rings (SSSR count). The van der Waals surface area contributed by atoms with Gasteiger partial charge < -0.3 is 4.98 Å². The van der Waals surface area contributed by atoms with Crippen molar-refractivity contribution in [2.75, 3.05) is 4.98 Å². The molecule has 0 saturated heterocycles. The molecule has 1 aliphatic rings. The van der Waals surface area contributed by atoms with Gasteiger partial charge in [-0.3, -0.25) is 0 Å². The Hall–Kier alpha value is -2.84. The Balaban J connectivity index is 2.02. The zero-order chi connectivity index (χ0) is 19.4. The number of hydrogen-bond acceptors (Lipinski definition) is 1. The molecule has 1 aliphatic carbocycles. The molecule has 0 aromatic heterocycles. The van der Waals surface area contributed by atoms with Crippen LogP contribution in [-0.4, -0.2) is 8.24 Å². The average molecular weight is 382 g/mol. The minimum absolute atomic E-state index is 0.505. The van der Waals surface area contributed by atoms with Gasteiger partial charge in [0.05, 0.1) is 0 Å². The monoisotopic (exact) mass is 381 g/mol. The van der Waals surface area contributed by atoms with Gasteiger partial charge in [0.15, 0.2) is 0 Å². The second-order valence-corrected chi connectivity index (χ2v) is 11.2. The van der Waals surface area contributed by atoms with Crippen LogP contribution in [-0.2, 0) is 0 Å². The summed E-state index contributed by atoms with van der Waals surface area (Å²) in [7, 11) is -2.41. The summed E-state index contributed by atoms with van der Waals surface area (Å²) < 4.78 is 0. The van der Waals surface area contributed by atoms with E-state index in [2.05, 4.69) is 122 Å². The van der Waals surface area contributed by atoms with Crippen LogP contribution in [0.25, 0.3) is 0 Å². The van der Waals surface area contributed by atoms with Crippen LogP contribution < -0.4 is 15.4 Å². The molecule has 0 bridgehead atoms. The quantitative estimate of drug-likeness (QED) is 0.571. The first-order valence-electron chi connectivity index (χ1n) is 10.1. The maximum Gasteiger partial charge on any atom is 0.247 e. The molecule has 2 heteroatoms. The van der Waals surface area contributed by atoms with Crippen molar-refractivity contribution < 1.29 is 0 Å². The molecule has 140 valence electrons. The smallest absolute Gasteiger partial charge is 0.247 e. The number of benzene rings is 3. The van der Waals surface area contributed by atoms with Crippen molar-refractivity contribution in [3.8, 4) is 0 Å². The van der Waals surface area contributed by atoms with Crippen molar-refractivity contribution in [1.29, 1.82) is 0 Å². The molecule has 0 spiro atoms. The topological polar surface area (TPSA) is 12.0 Å². The summed E-state index contributed by atoms with van der Waals surface area (Å²) in [6.45, 7) is 4.62. The minimum atomic E-state index is -2.41. The van der Waals surface area contributed by atoms with Gasteiger partial charge in [0.2, 0.25) is 8.24 Å². The van der Waals surface area contributed by atoms with Crippen molar-refractivity contribution in [2.24, 2.45) is 5.92 Å². The highest BCUT2D eigenvalue weighted by Gasteiger charge is 2.44. The fraction of sp³-hybridized carbons (Fsp3) is 0.154. The van der Waals surface area contributed by atoms with E-state index in [1.54, 1.807) is 5.20 Å². The number of anilines is 1. The summed E-state index contributed by atoms with van der Waals surface area (Å²) in [6.07, 6.45) is 5.70. The SMILES string of the molecule is CC(C)C1=C([Si](Nc2ccccc2)(c2ccccc2)c2ccccc2)CC=C1. The second kappa shape index (κ2) is 8.03. The lowest BCUT2D eigenvalue weighted by molar-refractivity contribution is 0.789. The van der Waals surface area contributed by atoms with E-state index in [1.807, 2.05) is 0 Å². The number of para-hydroxylation sites is 1. The molecule has 1 nitrogen and oxygen atoms in total. The van der Waals surface area contributed by atoms with Crippen LogP contribution in [0.1, 0.15) is 20.3 Å². The Morgan fingerprint density at radius 2 is 1.21 bits per heavy atom. The molecule has 0 heterocycles. The zero-order valence-electron chi connectivity index (χ0n) is 16.6. The predicted octanol–water partition coefficient (Wildman–Crippen LogP) is 5.31. The zero-order valence-corrected chi connectivity index (χ0v) is 17.6. The first-order chi connectivity index (χ1) is 13.7. The van der Waals surface area contributed by atoms with Gasteiger partial charge in [-0.25, -0.2) is 0 Å². The number of hydrogen-bond donors (Lipinski definition) is 1. The maximum atomic E-state index is 4.09. The molecular formula is C26H27NSi. The van der Waals surface area contributed by atoms with Crippen LogP contribution in [0.5, 0.6) is 0 Å². The maximum absolute atomic E-state index is 4.09. The molecule has 28 heavy (non-hydrogen) atoms. The Kier molecular flexibility index (Phi) is 5.31. The molecule has 0 atom stereocenters. The van der Waals surface area contributed by atoms with E-state index in [9.17, 15) is 0 Å². The molecule has 0 radical (unpaired) electrons. The van der Waals surface area contributed by atoms with Crippen molar-refractivity contribution in [2.45, 2.75) is 20.3 Å². The van der Waals surface area contributed by atoms with Gasteiger partial charge in [0, 0.05) is 5.69 Å². The molecule has 0 unspecified atom stereocenters. The fourth-order valence-electron chi connectivity index (χ4n) is 4.28. The van der Waals surface area contributed by atoms with Crippen LogP contribution in [0.4, 0.5) is 5.69 Å². The van der Waals surface area contributed by atoms with Crippen molar-refractivity contribution in [3.05, 3.63) is 114 Å². The molecule has 1 N–H and O–H groups in total. The summed E-state index contributed by atoms with van der Waals surface area (Å²) in [5, 5.41) is 4.38. The van der Waals surface area contributed by atoms with Gasteiger partial charge in [-0.1, -0.05) is 105 Å². The lowest BCUT2D eigenvalue weighted by atomic mass is 10.1. The van der Waals surface area contributed by atoms with Crippen LogP contribution in [0.15, 0.2) is 114 Å². The van der Waals surface area contributed by atoms with Gasteiger partial charge in [0.1, 0.15) is 0 Å². The van der Waals surface area contributed by atoms with Crippen LogP contribution >= 0.6 is 0 Å². The van der Waals surface area contributed by atoms with Crippen molar-refractivity contribution in [3.63, 3.8) is 0 Å². The Morgan fingerprint density at radius 1 is 0.714 bits per heavy atom. The Bertz CT molecular complexity index is 933. The van der Waals surface area contributed by atoms with Crippen LogP contribution in [0, 0.1) is 5.92 Å². The van der Waals surface area contributed by atoms with E-state index in [0.717, 1.165) is 6.42 Å². The van der Waals surface area contributed by atoms with E-state index < -0.39 is 8.24 Å². The van der Waals surface area contributed by atoms with Gasteiger partial charge in [-0.05, 0) is 45.6 Å². The molecule has 3 aromatic carbocycles. The number of nitrogens with one attached hydrogen (secondary N) is 1. The van der Waals surface area contributed by atoms with Crippen LogP contribution in [0.2, 0.25) is 0 Å². The highest BCUT2D eigenvalue weighted by molar-refractivity contribution is 7.09. The summed E-state index contributed by atoms with van der Waals surface area (Å²) in [4.78, 5) is 4.09. The largest absolute Gasteiger partial charge is 0.400 e. The summed E-state index contributed by atoms with van der Waals surface area (Å²) in [6, 6.07) is 32.8. The predicted molar refractivity (Wildman–Crippen MR) is 124 cm³/mol. The van der Waals surface area contributed by atoms with Gasteiger partial charge >= 0.3 is 0 Å². The standard InChI is InChI=1S/C26H27NSi/c1-21(2)25-19-12-20-26(25)28(23-15-8-4-9-16-23,24-17-10-5-11-18-24)27-22-13-6-3-7-14-22/h3-19,21,27H,20H2,1-2H3. The summed E-state index contributed by atoms with van der Waals surface area (Å²) in [5.41, 5.74) is 2.67. The third-order valence-corrected chi connectivity index (χ3v) is 10.0. The normalized spacial score (nSPS) is 14.0. The first kappa shape index (κ1) is 18.5. The van der Waals surface area contributed by atoms with E-state index in [0.29, 0.717) is 5.92 Å².